The topological polar surface area (TPSA) is 104 Å². The number of carbonyl (C=O) groups excluding carboxylic acids is 1. The Kier molecular flexibility index (Phi) is 4.81. The Bertz CT molecular complexity index is 548. The van der Waals surface area contributed by atoms with Gasteiger partial charge in [-0.1, -0.05) is 12.1 Å². The first-order chi connectivity index (χ1) is 8.68. The third-order valence-corrected chi connectivity index (χ3v) is 3.97. The predicted octanol–water partition coefficient (Wildman–Crippen LogP) is -0.0892. The van der Waals surface area contributed by atoms with Crippen LogP contribution in [0.5, 0.6) is 0 Å². The molecule has 0 spiro atoms. The molecular formula is C12H17NO5S. The summed E-state index contributed by atoms with van der Waals surface area (Å²) in [5, 5.41) is 18.4. The maximum atomic E-state index is 11.9. The van der Waals surface area contributed by atoms with Gasteiger partial charge in [-0.2, -0.15) is 0 Å². The summed E-state index contributed by atoms with van der Waals surface area (Å²) in [5.74, 6) is -0.153. The fourth-order valence-electron chi connectivity index (χ4n) is 1.26. The lowest BCUT2D eigenvalue weighted by atomic mass is 10.1. The molecule has 19 heavy (non-hydrogen) atoms. The van der Waals surface area contributed by atoms with Gasteiger partial charge in [0.2, 0.25) is 10.0 Å². The van der Waals surface area contributed by atoms with Crippen molar-refractivity contribution < 1.29 is 23.4 Å². The van der Waals surface area contributed by atoms with Crippen LogP contribution in [0.3, 0.4) is 0 Å². The zero-order valence-corrected chi connectivity index (χ0v) is 11.6. The Hall–Kier alpha value is -1.28. The summed E-state index contributed by atoms with van der Waals surface area (Å²) in [6.45, 7) is 1.84. The molecule has 0 fully saturated rings. The lowest BCUT2D eigenvalue weighted by Gasteiger charge is -2.20. The number of aliphatic hydroxyl groups excluding tert-OH is 1. The van der Waals surface area contributed by atoms with Gasteiger partial charge in [0.25, 0.3) is 0 Å². The van der Waals surface area contributed by atoms with Gasteiger partial charge in [-0.15, -0.1) is 0 Å². The minimum Gasteiger partial charge on any atom is -0.393 e. The van der Waals surface area contributed by atoms with Crippen LogP contribution in [0.2, 0.25) is 0 Å². The second kappa shape index (κ2) is 5.79. The third-order valence-electron chi connectivity index (χ3n) is 2.55. The van der Waals surface area contributed by atoms with Crippen LogP contribution in [0.1, 0.15) is 24.2 Å². The highest BCUT2D eigenvalue weighted by Gasteiger charge is 2.23. The molecule has 0 aromatic heterocycles. The second-order valence-corrected chi connectivity index (χ2v) is 6.33. The van der Waals surface area contributed by atoms with Crippen LogP contribution in [0.25, 0.3) is 0 Å². The molecule has 6 nitrogen and oxygen atoms in total. The average molecular weight is 287 g/mol. The number of benzene rings is 1. The zero-order chi connectivity index (χ0) is 14.7. The van der Waals surface area contributed by atoms with E-state index in [0.29, 0.717) is 5.56 Å². The van der Waals surface area contributed by atoms with Gasteiger partial charge in [0.05, 0.1) is 17.1 Å². The summed E-state index contributed by atoms with van der Waals surface area (Å²) in [4.78, 5) is 11.1. The number of hydrogen-bond donors (Lipinski definition) is 3. The van der Waals surface area contributed by atoms with Crippen LogP contribution in [0.15, 0.2) is 29.2 Å². The molecule has 0 saturated heterocycles. The molecule has 0 aliphatic heterocycles. The first-order valence-corrected chi connectivity index (χ1v) is 7.10. The first kappa shape index (κ1) is 15.8. The van der Waals surface area contributed by atoms with Gasteiger partial charge in [-0.3, -0.25) is 4.79 Å². The predicted molar refractivity (Wildman–Crippen MR) is 69.3 cm³/mol. The molecule has 7 heteroatoms. The number of hydrogen-bond acceptors (Lipinski definition) is 5. The number of aliphatic hydroxyl groups is 2. The van der Waals surface area contributed by atoms with Gasteiger partial charge in [-0.05, 0) is 26.0 Å². The Morgan fingerprint density at radius 2 is 1.84 bits per heavy atom. The van der Waals surface area contributed by atoms with Crippen LogP contribution in [0.4, 0.5) is 0 Å². The highest BCUT2D eigenvalue weighted by molar-refractivity contribution is 7.89. The highest BCUT2D eigenvalue weighted by atomic mass is 32.2. The fourth-order valence-corrected chi connectivity index (χ4v) is 2.42. The molecule has 0 heterocycles. The fraction of sp³-hybridized carbons (Fsp3) is 0.417. The first-order valence-electron chi connectivity index (χ1n) is 5.62. The van der Waals surface area contributed by atoms with Gasteiger partial charge < -0.3 is 10.2 Å². The molecule has 1 aromatic carbocycles. The monoisotopic (exact) mass is 287 g/mol. The Balaban J connectivity index is 2.86. The molecule has 106 valence electrons. The van der Waals surface area contributed by atoms with Gasteiger partial charge in [0.15, 0.2) is 5.78 Å². The largest absolute Gasteiger partial charge is 0.393 e. The Labute approximate surface area is 112 Å². The number of Topliss-reactive ketones (excluding diaryl/α,β-unsaturated/α-hetero) is 1. The lowest BCUT2D eigenvalue weighted by Crippen LogP contribution is -2.43. The van der Waals surface area contributed by atoms with E-state index in [0.717, 1.165) is 0 Å². The highest BCUT2D eigenvalue weighted by Crippen LogP contribution is 2.12. The molecule has 0 radical (unpaired) electrons. The van der Waals surface area contributed by atoms with Crippen LogP contribution in [-0.2, 0) is 10.0 Å². The molecular weight excluding hydrogens is 270 g/mol. The molecule has 0 saturated carbocycles. The molecule has 1 atom stereocenters. The van der Waals surface area contributed by atoms with Crippen LogP contribution in [-0.4, -0.2) is 43.2 Å². The van der Waals surface area contributed by atoms with E-state index < -0.39 is 22.2 Å². The number of rotatable bonds is 6. The molecule has 0 amide bonds. The van der Waals surface area contributed by atoms with Crippen molar-refractivity contribution in [3.63, 3.8) is 0 Å². The number of sulfonamides is 1. The maximum absolute atomic E-state index is 11.9. The smallest absolute Gasteiger partial charge is 0.240 e. The Morgan fingerprint density at radius 3 is 2.26 bits per heavy atom. The number of ketones is 1. The zero-order valence-electron chi connectivity index (χ0n) is 10.8. The van der Waals surface area contributed by atoms with Gasteiger partial charge in [0.1, 0.15) is 0 Å². The quantitative estimate of drug-likeness (QED) is 0.634. The summed E-state index contributed by atoms with van der Waals surface area (Å²) >= 11 is 0. The normalized spacial score (nSPS) is 14.9. The summed E-state index contributed by atoms with van der Waals surface area (Å²) < 4.78 is 26.0. The van der Waals surface area contributed by atoms with Crippen molar-refractivity contribution in [2.24, 2.45) is 0 Å². The molecule has 0 aliphatic carbocycles. The molecule has 3 N–H and O–H groups in total. The van der Waals surface area contributed by atoms with E-state index in [-0.39, 0.29) is 17.2 Å². The van der Waals surface area contributed by atoms with Crippen molar-refractivity contribution in [1.82, 2.24) is 4.72 Å². The van der Waals surface area contributed by atoms with Gasteiger partial charge in [0, 0.05) is 12.1 Å². The molecule has 1 aromatic rings. The van der Waals surface area contributed by atoms with Crippen LogP contribution in [0, 0.1) is 0 Å². The van der Waals surface area contributed by atoms with E-state index in [1.807, 2.05) is 0 Å². The number of nitrogens with one attached hydrogen (secondary N) is 1. The summed E-state index contributed by atoms with van der Waals surface area (Å²) in [6.07, 6.45) is 0. The van der Waals surface area contributed by atoms with Crippen molar-refractivity contribution in [3.05, 3.63) is 29.8 Å². The van der Waals surface area contributed by atoms with Crippen LogP contribution >= 0.6 is 0 Å². The lowest BCUT2D eigenvalue weighted by molar-refractivity contribution is 0.00681. The number of carbonyl (C=O) groups is 1. The van der Waals surface area contributed by atoms with Crippen molar-refractivity contribution in [2.75, 3.05) is 13.2 Å². The van der Waals surface area contributed by atoms with Crippen molar-refractivity contribution >= 4 is 15.8 Å². The van der Waals surface area contributed by atoms with Crippen molar-refractivity contribution in [2.45, 2.75) is 24.3 Å². The van der Waals surface area contributed by atoms with Gasteiger partial charge >= 0.3 is 0 Å². The van der Waals surface area contributed by atoms with Crippen LogP contribution < -0.4 is 4.72 Å². The SMILES string of the molecule is CC(=O)c1ccc(S(=O)(=O)NCC(C)(O)CO)cc1. The van der Waals surface area contributed by atoms with E-state index in [4.69, 9.17) is 5.11 Å². The Morgan fingerprint density at radius 1 is 1.32 bits per heavy atom. The maximum Gasteiger partial charge on any atom is 0.240 e. The minimum atomic E-state index is -3.78. The standard InChI is InChI=1S/C12H17NO5S/c1-9(15)10-3-5-11(6-4-10)19(17,18)13-7-12(2,16)8-14/h3-6,13-14,16H,7-8H2,1-2H3. The summed E-state index contributed by atoms with van der Waals surface area (Å²) in [6, 6.07) is 5.46. The van der Waals surface area contributed by atoms with E-state index >= 15 is 0 Å². The summed E-state index contributed by atoms with van der Waals surface area (Å²) in [7, 11) is -3.78. The third kappa shape index (κ3) is 4.39. The van der Waals surface area contributed by atoms with Crippen molar-refractivity contribution in [1.29, 1.82) is 0 Å². The second-order valence-electron chi connectivity index (χ2n) is 4.56. The van der Waals surface area contributed by atoms with E-state index in [2.05, 4.69) is 4.72 Å². The molecule has 1 unspecified atom stereocenters. The molecule has 0 bridgehead atoms. The van der Waals surface area contributed by atoms with Crippen molar-refractivity contribution in [3.8, 4) is 0 Å². The summed E-state index contributed by atoms with van der Waals surface area (Å²) in [5.41, 5.74) is -1.10. The van der Waals surface area contributed by atoms with Gasteiger partial charge in [-0.25, -0.2) is 13.1 Å². The minimum absolute atomic E-state index is 0.00811. The average Bonchev–Trinajstić information content (AvgIpc) is 2.37. The van der Waals surface area contributed by atoms with E-state index in [1.165, 1.54) is 38.1 Å². The van der Waals surface area contributed by atoms with E-state index in [9.17, 15) is 18.3 Å². The van der Waals surface area contributed by atoms with E-state index in [1.54, 1.807) is 0 Å². The molecule has 0 aliphatic rings. The molecule has 1 rings (SSSR count).